The van der Waals surface area contributed by atoms with Gasteiger partial charge in [0, 0.05) is 16.5 Å². The highest BCUT2D eigenvalue weighted by atomic mass is 15.0. The predicted octanol–water partition coefficient (Wildman–Crippen LogP) is -0.127. The summed E-state index contributed by atoms with van der Waals surface area (Å²) in [6.45, 7) is 8.47. The molecule has 20 radical (unpaired) electrons. The van der Waals surface area contributed by atoms with Crippen molar-refractivity contribution in [2.24, 2.45) is 0 Å². The Hall–Kier alpha value is -4.23. The lowest BCUT2D eigenvalue weighted by atomic mass is 9.61. The number of aryl methyl sites for hydroxylation is 1. The minimum atomic E-state index is 0.205. The summed E-state index contributed by atoms with van der Waals surface area (Å²) in [5.41, 5.74) is 13.6. The van der Waals surface area contributed by atoms with Gasteiger partial charge in [-0.15, -0.1) is 43.7 Å². The molecule has 0 bridgehead atoms. The third kappa shape index (κ3) is 6.75. The molecule has 7 rings (SSSR count). The lowest BCUT2D eigenvalue weighted by Crippen LogP contribution is -2.56. The molecule has 0 aliphatic heterocycles. The quantitative estimate of drug-likeness (QED) is 0.228. The molecule has 0 aliphatic carbocycles. The van der Waals surface area contributed by atoms with Crippen LogP contribution in [0.4, 0.5) is 0 Å². The van der Waals surface area contributed by atoms with Crippen molar-refractivity contribution in [1.29, 1.82) is 0 Å². The Morgan fingerprint density at radius 2 is 0.981 bits per heavy atom. The van der Waals surface area contributed by atoms with E-state index in [-0.39, 0.29) is 21.9 Å². The maximum absolute atomic E-state index is 6.52. The lowest BCUT2D eigenvalue weighted by Gasteiger charge is -2.23. The van der Waals surface area contributed by atoms with Gasteiger partial charge in [0.15, 0.2) is 0 Å². The Labute approximate surface area is 327 Å². The second-order valence-electron chi connectivity index (χ2n) is 13.6. The molecule has 232 valence electrons. The first kappa shape index (κ1) is 38.5. The summed E-state index contributed by atoms with van der Waals surface area (Å²) in [6, 6.07) is 30.2. The number of hydrogen-bond donors (Lipinski definition) is 0. The van der Waals surface area contributed by atoms with E-state index in [1.807, 2.05) is 22.8 Å². The number of rotatable bonds is 5. The number of benzene rings is 6. The molecule has 7 aromatic rings. The van der Waals surface area contributed by atoms with E-state index in [4.69, 9.17) is 78.5 Å². The third-order valence-electron chi connectivity index (χ3n) is 10.5. The Morgan fingerprint density at radius 3 is 1.60 bits per heavy atom. The molecule has 0 saturated carbocycles. The van der Waals surface area contributed by atoms with Crippen LogP contribution in [0.2, 0.25) is 0 Å². The molecule has 11 heteroatoms. The summed E-state index contributed by atoms with van der Waals surface area (Å²) in [4.78, 5) is 0. The smallest absolute Gasteiger partial charge is 0.115 e. The Bertz CT molecular complexity index is 2420. The monoisotopic (exact) mass is 657 g/mol. The van der Waals surface area contributed by atoms with Crippen LogP contribution in [0.5, 0.6) is 0 Å². The van der Waals surface area contributed by atoms with E-state index in [2.05, 4.69) is 87.5 Å². The molecular formula is C42H29B10N. The van der Waals surface area contributed by atoms with Gasteiger partial charge >= 0.3 is 0 Å². The van der Waals surface area contributed by atoms with Crippen molar-refractivity contribution in [3.63, 3.8) is 0 Å². The van der Waals surface area contributed by atoms with E-state index in [0.717, 1.165) is 39.4 Å². The minimum Gasteiger partial charge on any atom is -0.310 e. The van der Waals surface area contributed by atoms with Crippen molar-refractivity contribution in [1.82, 2.24) is 4.57 Å². The normalized spacial score (nSPS) is 11.8. The maximum Gasteiger partial charge on any atom is 0.115 e. The highest BCUT2D eigenvalue weighted by molar-refractivity contribution is 6.69. The number of hydrogen-bond acceptors (Lipinski definition) is 0. The van der Waals surface area contributed by atoms with Crippen molar-refractivity contribution in [3.05, 3.63) is 102 Å². The molecule has 1 unspecified atom stereocenters. The van der Waals surface area contributed by atoms with Crippen LogP contribution in [-0.4, -0.2) is 83.0 Å². The average Bonchev–Trinajstić information content (AvgIpc) is 3.50. The first-order chi connectivity index (χ1) is 25.2. The van der Waals surface area contributed by atoms with Gasteiger partial charge in [-0.1, -0.05) is 91.0 Å². The largest absolute Gasteiger partial charge is 0.310 e. The first-order valence-corrected chi connectivity index (χ1v) is 17.4. The standard InChI is InChI=1S/C35H26B5N.C7H3B5/c1-4-19(2)23-9-5-6-10-24(23)26-17-21(14-13-20(26)3)22-15-16-29-27(18-22)25-11-7-8-12-28(25)41(29)35-33(39)31(37)30(36)32(38)34(35)40;1-2-3(8)5(10)7(12)6(11)4(2)9/h5-19H,4H2,1-3H3;1H3. The zero-order chi connectivity index (χ0) is 38.5. The van der Waals surface area contributed by atoms with Gasteiger partial charge in [0.25, 0.3) is 0 Å². The van der Waals surface area contributed by atoms with E-state index in [1.54, 1.807) is 6.92 Å². The van der Waals surface area contributed by atoms with Crippen LogP contribution in [0.3, 0.4) is 0 Å². The van der Waals surface area contributed by atoms with Gasteiger partial charge in [0.2, 0.25) is 0 Å². The second-order valence-corrected chi connectivity index (χ2v) is 13.6. The predicted molar refractivity (Wildman–Crippen MR) is 240 cm³/mol. The summed E-state index contributed by atoms with van der Waals surface area (Å²) < 4.78 is 2.04. The fraction of sp³-hybridized carbons (Fsp3) is 0.143. The molecule has 0 amide bonds. The van der Waals surface area contributed by atoms with Gasteiger partial charge in [0.1, 0.15) is 78.5 Å². The summed E-state index contributed by atoms with van der Waals surface area (Å²) in [6.07, 6.45) is 1.09. The van der Waals surface area contributed by atoms with E-state index >= 15 is 0 Å². The van der Waals surface area contributed by atoms with Crippen LogP contribution in [0.15, 0.2) is 84.9 Å². The SMILES string of the molecule is [B]c1c([B])c([B])c(-n2c3ccccc3c3cc(-c4ccc(C)c(-c5ccccc5C(C)CC)c4)ccc32)c([B])c1[B].[B]c1c([B])c([B])c(C)c([B])c1[B]. The number of aromatic nitrogens is 1. The highest BCUT2D eigenvalue weighted by Crippen LogP contribution is 2.38. The molecule has 0 saturated heterocycles. The number of nitrogens with zero attached hydrogens (tertiary/aromatic N) is 1. The van der Waals surface area contributed by atoms with Crippen molar-refractivity contribution in [2.45, 2.75) is 40.0 Å². The lowest BCUT2D eigenvalue weighted by molar-refractivity contribution is 0.735. The van der Waals surface area contributed by atoms with Crippen molar-refractivity contribution >= 4 is 155 Å². The van der Waals surface area contributed by atoms with Crippen molar-refractivity contribution in [3.8, 4) is 27.9 Å². The molecule has 53 heavy (non-hydrogen) atoms. The fourth-order valence-electron chi connectivity index (χ4n) is 6.94. The summed E-state index contributed by atoms with van der Waals surface area (Å²) >= 11 is 0. The molecule has 1 nitrogen and oxygen atoms in total. The topological polar surface area (TPSA) is 4.93 Å². The molecule has 1 aromatic heterocycles. The molecule has 0 fully saturated rings. The molecule has 1 atom stereocenters. The number of para-hydroxylation sites is 1. The Balaban J connectivity index is 0.000000342. The second kappa shape index (κ2) is 15.3. The molecule has 0 aliphatic rings. The maximum atomic E-state index is 6.52. The van der Waals surface area contributed by atoms with Crippen LogP contribution < -0.4 is 54.6 Å². The number of fused-ring (bicyclic) bond motifs is 3. The van der Waals surface area contributed by atoms with E-state index in [9.17, 15) is 0 Å². The summed E-state index contributed by atoms with van der Waals surface area (Å²) in [5, 5.41) is 2.15. The molecule has 0 spiro atoms. The van der Waals surface area contributed by atoms with Gasteiger partial charge < -0.3 is 4.57 Å². The van der Waals surface area contributed by atoms with Gasteiger partial charge in [-0.05, 0) is 83.8 Å². The highest BCUT2D eigenvalue weighted by Gasteiger charge is 2.19. The van der Waals surface area contributed by atoms with Gasteiger partial charge in [-0.25, -0.2) is 0 Å². The summed E-state index contributed by atoms with van der Waals surface area (Å²) in [7, 11) is 59.5. The van der Waals surface area contributed by atoms with Crippen LogP contribution >= 0.6 is 0 Å². The van der Waals surface area contributed by atoms with E-state index in [0.29, 0.717) is 49.9 Å². The zero-order valence-corrected chi connectivity index (χ0v) is 30.6. The van der Waals surface area contributed by atoms with E-state index < -0.39 is 0 Å². The summed E-state index contributed by atoms with van der Waals surface area (Å²) in [5.74, 6) is 0.480. The Kier molecular flexibility index (Phi) is 11.1. The van der Waals surface area contributed by atoms with Crippen molar-refractivity contribution in [2.75, 3.05) is 0 Å². The van der Waals surface area contributed by atoms with Crippen molar-refractivity contribution < 1.29 is 0 Å². The van der Waals surface area contributed by atoms with Gasteiger partial charge in [0.05, 0.1) is 11.0 Å². The molecular weight excluding hydrogens is 627 g/mol. The third-order valence-corrected chi connectivity index (χ3v) is 10.5. The molecule has 0 N–H and O–H groups in total. The van der Waals surface area contributed by atoms with E-state index in [1.165, 1.54) is 22.3 Å². The van der Waals surface area contributed by atoms with Crippen LogP contribution in [0.1, 0.15) is 42.9 Å². The fourth-order valence-corrected chi connectivity index (χ4v) is 6.94. The average molecular weight is 656 g/mol. The van der Waals surface area contributed by atoms with Gasteiger partial charge in [-0.2, -0.15) is 0 Å². The zero-order valence-electron chi connectivity index (χ0n) is 30.6. The van der Waals surface area contributed by atoms with Crippen LogP contribution in [0.25, 0.3) is 49.7 Å². The molecule has 6 aromatic carbocycles. The van der Waals surface area contributed by atoms with Crippen LogP contribution in [-0.2, 0) is 0 Å². The first-order valence-electron chi connectivity index (χ1n) is 17.4. The van der Waals surface area contributed by atoms with Crippen LogP contribution in [0, 0.1) is 13.8 Å². The van der Waals surface area contributed by atoms with Gasteiger partial charge in [-0.3, -0.25) is 0 Å². The Morgan fingerprint density at radius 1 is 0.491 bits per heavy atom. The molecule has 1 heterocycles. The minimum absolute atomic E-state index is 0.205.